The Kier molecular flexibility index (Phi) is 16.4. The smallest absolute Gasteiger partial charge is 0.154 e. The number of halogens is 1. The van der Waals surface area contributed by atoms with E-state index >= 15 is 0 Å². The number of hydrogen-bond acceptors (Lipinski definition) is 2. The summed E-state index contributed by atoms with van der Waals surface area (Å²) in [4.78, 5) is 4.62. The van der Waals surface area contributed by atoms with Gasteiger partial charge in [0.2, 0.25) is 0 Å². The molecule has 1 aliphatic carbocycles. The number of rotatable bonds is 12. The van der Waals surface area contributed by atoms with E-state index in [1.165, 1.54) is 89.9 Å². The van der Waals surface area contributed by atoms with E-state index < -0.39 is 0 Å². The van der Waals surface area contributed by atoms with Crippen LogP contribution in [0.4, 0.5) is 0 Å². The summed E-state index contributed by atoms with van der Waals surface area (Å²) in [6, 6.07) is 0.533. The summed E-state index contributed by atoms with van der Waals surface area (Å²) in [5, 5.41) is 0.831. The lowest BCUT2D eigenvalue weighted by atomic mass is 10.1. The molecule has 0 radical (unpaired) electrons. The van der Waals surface area contributed by atoms with Crippen LogP contribution in [0.25, 0.3) is 0 Å². The van der Waals surface area contributed by atoms with E-state index in [2.05, 4.69) is 11.9 Å². The van der Waals surface area contributed by atoms with Crippen molar-refractivity contribution in [1.29, 1.82) is 0 Å². The average Bonchev–Trinajstić information content (AvgIpc) is 2.97. The van der Waals surface area contributed by atoms with Gasteiger partial charge in [-0.05, 0) is 19.3 Å². The van der Waals surface area contributed by atoms with Crippen molar-refractivity contribution in [3.8, 4) is 0 Å². The topological polar surface area (TPSA) is 38.4 Å². The van der Waals surface area contributed by atoms with Gasteiger partial charge in [-0.1, -0.05) is 89.3 Å². The summed E-state index contributed by atoms with van der Waals surface area (Å²) in [7, 11) is 0. The predicted molar refractivity (Wildman–Crippen MR) is 109 cm³/mol. The maximum absolute atomic E-state index is 5.99. The molecule has 0 aromatic carbocycles. The largest absolute Gasteiger partial charge is 0.379 e. The Morgan fingerprint density at radius 1 is 0.909 bits per heavy atom. The highest BCUT2D eigenvalue weighted by Gasteiger charge is 2.13. The molecule has 1 aliphatic rings. The summed E-state index contributed by atoms with van der Waals surface area (Å²) < 4.78 is 0. The Morgan fingerprint density at radius 3 is 1.95 bits per heavy atom. The molecule has 1 saturated carbocycles. The molecule has 4 heteroatoms. The Balaban J connectivity index is 0.00000441. The van der Waals surface area contributed by atoms with Gasteiger partial charge in [0.25, 0.3) is 0 Å². The van der Waals surface area contributed by atoms with E-state index in [0.717, 1.165) is 10.9 Å². The van der Waals surface area contributed by atoms with Gasteiger partial charge in [0.15, 0.2) is 5.17 Å². The molecule has 0 atom stereocenters. The zero-order chi connectivity index (χ0) is 15.2. The second kappa shape index (κ2) is 16.2. The fourth-order valence-corrected chi connectivity index (χ4v) is 3.80. The molecular weight excluding hydrogens is 356 g/mol. The zero-order valence-corrected chi connectivity index (χ0v) is 17.1. The monoisotopic (exact) mass is 392 g/mol. The van der Waals surface area contributed by atoms with Crippen molar-refractivity contribution < 1.29 is 0 Å². The Morgan fingerprint density at radius 2 is 1.41 bits per heavy atom. The molecule has 132 valence electrons. The third-order valence-corrected chi connectivity index (χ3v) is 5.28. The van der Waals surface area contributed by atoms with Gasteiger partial charge in [-0.25, -0.2) is 0 Å². The van der Waals surface area contributed by atoms with Crippen LogP contribution < -0.4 is 5.73 Å². The van der Waals surface area contributed by atoms with Crippen LogP contribution in [0.3, 0.4) is 0 Å². The van der Waals surface area contributed by atoms with Crippen molar-refractivity contribution in [3.05, 3.63) is 0 Å². The first kappa shape index (κ1) is 22.3. The first-order chi connectivity index (χ1) is 10.3. The fraction of sp³-hybridized carbons (Fsp3) is 0.944. The van der Waals surface area contributed by atoms with Crippen LogP contribution in [-0.4, -0.2) is 17.0 Å². The molecule has 0 heterocycles. The van der Waals surface area contributed by atoms with Gasteiger partial charge < -0.3 is 5.73 Å². The van der Waals surface area contributed by atoms with Crippen molar-refractivity contribution in [2.75, 3.05) is 5.75 Å². The summed E-state index contributed by atoms with van der Waals surface area (Å²) in [6.45, 7) is 2.28. The number of nitrogens with zero attached hydrogens (tertiary/aromatic N) is 1. The SMILES string of the molecule is Br.CCCCCCCCCCCCSC(N)=NC1CCCC1. The first-order valence-electron chi connectivity index (χ1n) is 9.29. The van der Waals surface area contributed by atoms with E-state index in [4.69, 9.17) is 5.73 Å². The second-order valence-electron chi connectivity index (χ2n) is 6.44. The van der Waals surface area contributed by atoms with Crippen molar-refractivity contribution in [1.82, 2.24) is 0 Å². The standard InChI is InChI=1S/C18H36N2S.BrH/c1-2-3-4-5-6-7-8-9-10-13-16-21-18(19)20-17-14-11-12-15-17;/h17H,2-16H2,1H3,(H2,19,20);1H. The van der Waals surface area contributed by atoms with Crippen molar-refractivity contribution in [2.45, 2.75) is 103 Å². The number of aliphatic imine (C=N–C) groups is 1. The van der Waals surface area contributed by atoms with Crippen LogP contribution in [0.15, 0.2) is 4.99 Å². The molecule has 0 saturated heterocycles. The number of nitrogens with two attached hydrogens (primary N) is 1. The van der Waals surface area contributed by atoms with Crippen molar-refractivity contribution in [3.63, 3.8) is 0 Å². The van der Waals surface area contributed by atoms with Gasteiger partial charge in [-0.15, -0.1) is 17.0 Å². The van der Waals surface area contributed by atoms with E-state index in [0.29, 0.717) is 6.04 Å². The van der Waals surface area contributed by atoms with Gasteiger partial charge in [-0.3, -0.25) is 4.99 Å². The minimum absolute atomic E-state index is 0. The molecule has 22 heavy (non-hydrogen) atoms. The van der Waals surface area contributed by atoms with Crippen LogP contribution in [0.5, 0.6) is 0 Å². The van der Waals surface area contributed by atoms with Crippen LogP contribution >= 0.6 is 28.7 Å². The minimum atomic E-state index is 0. The highest BCUT2D eigenvalue weighted by atomic mass is 79.9. The second-order valence-corrected chi connectivity index (χ2v) is 7.55. The molecule has 0 aliphatic heterocycles. The Hall–Kier alpha value is 0.300. The molecule has 0 spiro atoms. The predicted octanol–water partition coefficient (Wildman–Crippen LogP) is 6.48. The summed E-state index contributed by atoms with van der Waals surface area (Å²) in [5.74, 6) is 1.15. The van der Waals surface area contributed by atoms with Gasteiger partial charge in [-0.2, -0.15) is 0 Å². The Labute approximate surface area is 153 Å². The molecule has 1 fully saturated rings. The molecule has 0 bridgehead atoms. The molecule has 0 aromatic heterocycles. The third kappa shape index (κ3) is 12.8. The van der Waals surface area contributed by atoms with Gasteiger partial charge in [0.05, 0.1) is 6.04 Å². The minimum Gasteiger partial charge on any atom is -0.379 e. The average molecular weight is 393 g/mol. The summed E-state index contributed by atoms with van der Waals surface area (Å²) >= 11 is 1.77. The van der Waals surface area contributed by atoms with Crippen molar-refractivity contribution >= 4 is 33.9 Å². The van der Waals surface area contributed by atoms with E-state index in [-0.39, 0.29) is 17.0 Å². The normalized spacial score (nSPS) is 16.0. The lowest BCUT2D eigenvalue weighted by Crippen LogP contribution is -2.12. The van der Waals surface area contributed by atoms with Gasteiger partial charge in [0, 0.05) is 5.75 Å². The molecule has 1 rings (SSSR count). The number of unbranched alkanes of at least 4 members (excludes halogenated alkanes) is 9. The maximum atomic E-state index is 5.99. The molecule has 0 unspecified atom stereocenters. The van der Waals surface area contributed by atoms with E-state index in [1.54, 1.807) is 11.8 Å². The molecule has 2 nitrogen and oxygen atoms in total. The fourth-order valence-electron chi connectivity index (χ4n) is 3.02. The van der Waals surface area contributed by atoms with Crippen LogP contribution in [0.1, 0.15) is 96.8 Å². The van der Waals surface area contributed by atoms with Crippen LogP contribution in [-0.2, 0) is 0 Å². The maximum Gasteiger partial charge on any atom is 0.154 e. The summed E-state index contributed by atoms with van der Waals surface area (Å²) in [6.07, 6.45) is 19.2. The van der Waals surface area contributed by atoms with Gasteiger partial charge >= 0.3 is 0 Å². The highest BCUT2D eigenvalue weighted by Crippen LogP contribution is 2.22. The van der Waals surface area contributed by atoms with E-state index in [9.17, 15) is 0 Å². The number of hydrogen-bond donors (Lipinski definition) is 1. The molecular formula is C18H37BrN2S. The van der Waals surface area contributed by atoms with Crippen LogP contribution in [0.2, 0.25) is 0 Å². The third-order valence-electron chi connectivity index (χ3n) is 4.38. The first-order valence-corrected chi connectivity index (χ1v) is 10.3. The highest BCUT2D eigenvalue weighted by molar-refractivity contribution is 8.93. The van der Waals surface area contributed by atoms with Gasteiger partial charge in [0.1, 0.15) is 0 Å². The molecule has 0 amide bonds. The van der Waals surface area contributed by atoms with E-state index in [1.807, 2.05) is 0 Å². The lowest BCUT2D eigenvalue weighted by Gasteiger charge is -2.05. The zero-order valence-electron chi connectivity index (χ0n) is 14.5. The van der Waals surface area contributed by atoms with Crippen molar-refractivity contribution in [2.24, 2.45) is 10.7 Å². The van der Waals surface area contributed by atoms with Crippen LogP contribution in [0, 0.1) is 0 Å². The quantitative estimate of drug-likeness (QED) is 0.234. The summed E-state index contributed by atoms with van der Waals surface area (Å²) in [5.41, 5.74) is 5.99. The Bertz CT molecular complexity index is 266. The molecule has 0 aromatic rings. The number of amidine groups is 1. The lowest BCUT2D eigenvalue weighted by molar-refractivity contribution is 0.563. The number of thioether (sulfide) groups is 1. The molecule has 2 N–H and O–H groups in total.